The van der Waals surface area contributed by atoms with Crippen LogP contribution >= 0.6 is 0 Å². The van der Waals surface area contributed by atoms with Crippen LogP contribution in [-0.2, 0) is 16.1 Å². The van der Waals surface area contributed by atoms with Gasteiger partial charge in [0.1, 0.15) is 23.6 Å². The Kier molecular flexibility index (Phi) is 6.72. The van der Waals surface area contributed by atoms with Crippen LogP contribution < -0.4 is 20.1 Å². The Morgan fingerprint density at radius 3 is 2.87 bits per heavy atom. The number of para-hydroxylation sites is 2. The van der Waals surface area contributed by atoms with Gasteiger partial charge in [-0.15, -0.1) is 0 Å². The summed E-state index contributed by atoms with van der Waals surface area (Å²) in [5, 5.41) is 5.79. The monoisotopic (exact) mass is 423 g/mol. The molecule has 164 valence electrons. The van der Waals surface area contributed by atoms with Crippen molar-refractivity contribution in [2.24, 2.45) is 0 Å². The van der Waals surface area contributed by atoms with Crippen molar-refractivity contribution < 1.29 is 19.1 Å². The van der Waals surface area contributed by atoms with E-state index in [1.54, 1.807) is 7.11 Å². The highest BCUT2D eigenvalue weighted by Gasteiger charge is 2.29. The minimum Gasteiger partial charge on any atom is -0.496 e. The molecule has 0 saturated carbocycles. The number of nitrogens with zero attached hydrogens (tertiary/aromatic N) is 1. The summed E-state index contributed by atoms with van der Waals surface area (Å²) in [4.78, 5) is 27.1. The lowest BCUT2D eigenvalue weighted by Gasteiger charge is -2.25. The Hall–Kier alpha value is -3.06. The number of fused-ring (bicyclic) bond motifs is 1. The summed E-state index contributed by atoms with van der Waals surface area (Å²) in [6, 6.07) is 15.2. The SMILES string of the molecule is COc1ccccc1C1CN(CC(=O)N[C@H]2CCCCNC2=O)Cc2ccccc2O1. The number of hydrogen-bond donors (Lipinski definition) is 2. The Morgan fingerprint density at radius 2 is 2.00 bits per heavy atom. The zero-order valence-electron chi connectivity index (χ0n) is 17.8. The first-order valence-electron chi connectivity index (χ1n) is 10.8. The molecule has 0 radical (unpaired) electrons. The van der Waals surface area contributed by atoms with E-state index in [-0.39, 0.29) is 24.5 Å². The van der Waals surface area contributed by atoms with E-state index >= 15 is 0 Å². The van der Waals surface area contributed by atoms with Crippen molar-refractivity contribution >= 4 is 11.8 Å². The Bertz CT molecular complexity index is 933. The summed E-state index contributed by atoms with van der Waals surface area (Å²) in [5.74, 6) is 1.32. The van der Waals surface area contributed by atoms with Gasteiger partial charge in [0.15, 0.2) is 0 Å². The first-order chi connectivity index (χ1) is 15.1. The Balaban J connectivity index is 1.52. The molecule has 0 aliphatic carbocycles. The first kappa shape index (κ1) is 21.2. The second-order valence-corrected chi connectivity index (χ2v) is 8.03. The fraction of sp³-hybridized carbons (Fsp3) is 0.417. The number of rotatable bonds is 5. The number of ether oxygens (including phenoxy) is 2. The fourth-order valence-electron chi connectivity index (χ4n) is 4.21. The summed E-state index contributed by atoms with van der Waals surface area (Å²) in [7, 11) is 1.65. The largest absolute Gasteiger partial charge is 0.496 e. The van der Waals surface area contributed by atoms with E-state index in [0.29, 0.717) is 26.1 Å². The van der Waals surface area contributed by atoms with E-state index in [4.69, 9.17) is 9.47 Å². The predicted octanol–water partition coefficient (Wildman–Crippen LogP) is 2.42. The van der Waals surface area contributed by atoms with E-state index in [1.165, 1.54) is 0 Å². The lowest BCUT2D eigenvalue weighted by atomic mass is 10.1. The average molecular weight is 424 g/mol. The van der Waals surface area contributed by atoms with Gasteiger partial charge in [-0.3, -0.25) is 14.5 Å². The maximum absolute atomic E-state index is 12.8. The minimum atomic E-state index is -0.462. The van der Waals surface area contributed by atoms with Crippen LogP contribution in [0, 0.1) is 0 Å². The minimum absolute atomic E-state index is 0.0951. The molecule has 1 fully saturated rings. The van der Waals surface area contributed by atoms with Crippen molar-refractivity contribution in [2.75, 3.05) is 26.7 Å². The zero-order valence-corrected chi connectivity index (χ0v) is 17.8. The number of hydrogen-bond acceptors (Lipinski definition) is 5. The summed E-state index contributed by atoms with van der Waals surface area (Å²) in [6.07, 6.45) is 2.25. The number of carbonyl (C=O) groups is 2. The third kappa shape index (κ3) is 5.17. The quantitative estimate of drug-likeness (QED) is 0.772. The van der Waals surface area contributed by atoms with Gasteiger partial charge in [-0.05, 0) is 31.4 Å². The van der Waals surface area contributed by atoms with Crippen LogP contribution in [-0.4, -0.2) is 49.5 Å². The molecule has 1 unspecified atom stereocenters. The molecule has 4 rings (SSSR count). The van der Waals surface area contributed by atoms with Gasteiger partial charge in [-0.2, -0.15) is 0 Å². The molecule has 2 aromatic carbocycles. The van der Waals surface area contributed by atoms with Crippen molar-refractivity contribution in [3.8, 4) is 11.5 Å². The van der Waals surface area contributed by atoms with Gasteiger partial charge in [0, 0.05) is 30.8 Å². The van der Waals surface area contributed by atoms with Gasteiger partial charge in [-0.1, -0.05) is 36.4 Å². The summed E-state index contributed by atoms with van der Waals surface area (Å²) >= 11 is 0. The first-order valence-corrected chi connectivity index (χ1v) is 10.8. The molecule has 1 saturated heterocycles. The molecular weight excluding hydrogens is 394 g/mol. The van der Waals surface area contributed by atoms with Crippen molar-refractivity contribution in [2.45, 2.75) is 38.0 Å². The van der Waals surface area contributed by atoms with Crippen LogP contribution in [0.2, 0.25) is 0 Å². The summed E-state index contributed by atoms with van der Waals surface area (Å²) < 4.78 is 11.9. The number of nitrogens with one attached hydrogen (secondary N) is 2. The molecule has 2 amide bonds. The van der Waals surface area contributed by atoms with E-state index in [0.717, 1.165) is 35.5 Å². The molecule has 0 bridgehead atoms. The predicted molar refractivity (Wildman–Crippen MR) is 117 cm³/mol. The molecule has 2 aliphatic rings. The Morgan fingerprint density at radius 1 is 1.19 bits per heavy atom. The normalized spacial score (nSPS) is 21.6. The molecule has 2 N–H and O–H groups in total. The Labute approximate surface area is 182 Å². The van der Waals surface area contributed by atoms with E-state index in [1.807, 2.05) is 48.5 Å². The third-order valence-corrected chi connectivity index (χ3v) is 5.78. The maximum Gasteiger partial charge on any atom is 0.242 e. The number of carbonyl (C=O) groups excluding carboxylic acids is 2. The third-order valence-electron chi connectivity index (χ3n) is 5.78. The molecule has 2 aliphatic heterocycles. The molecule has 7 heteroatoms. The van der Waals surface area contributed by atoms with Crippen LogP contribution in [0.1, 0.15) is 36.5 Å². The van der Waals surface area contributed by atoms with Crippen LogP contribution in [0.25, 0.3) is 0 Å². The smallest absolute Gasteiger partial charge is 0.242 e. The number of amides is 2. The summed E-state index contributed by atoms with van der Waals surface area (Å²) in [5.41, 5.74) is 1.97. The summed E-state index contributed by atoms with van der Waals surface area (Å²) in [6.45, 7) is 1.98. The molecule has 0 aromatic heterocycles. The molecule has 2 aromatic rings. The van der Waals surface area contributed by atoms with Crippen LogP contribution in [0.4, 0.5) is 0 Å². The van der Waals surface area contributed by atoms with Crippen molar-refractivity contribution in [3.63, 3.8) is 0 Å². The van der Waals surface area contributed by atoms with Gasteiger partial charge in [0.2, 0.25) is 11.8 Å². The second kappa shape index (κ2) is 9.83. The number of benzene rings is 2. The molecule has 2 heterocycles. The van der Waals surface area contributed by atoms with Gasteiger partial charge >= 0.3 is 0 Å². The van der Waals surface area contributed by atoms with E-state index in [9.17, 15) is 9.59 Å². The lowest BCUT2D eigenvalue weighted by Crippen LogP contribution is -2.48. The van der Waals surface area contributed by atoms with Crippen molar-refractivity contribution in [1.29, 1.82) is 0 Å². The highest BCUT2D eigenvalue weighted by atomic mass is 16.5. The van der Waals surface area contributed by atoms with Crippen molar-refractivity contribution in [1.82, 2.24) is 15.5 Å². The van der Waals surface area contributed by atoms with Crippen LogP contribution in [0.5, 0.6) is 11.5 Å². The average Bonchev–Trinajstić information content (AvgIpc) is 3.09. The molecular formula is C24H29N3O4. The molecule has 7 nitrogen and oxygen atoms in total. The highest BCUT2D eigenvalue weighted by Crippen LogP contribution is 2.34. The van der Waals surface area contributed by atoms with Crippen molar-refractivity contribution in [3.05, 3.63) is 59.7 Å². The van der Waals surface area contributed by atoms with Gasteiger partial charge in [-0.25, -0.2) is 0 Å². The zero-order chi connectivity index (χ0) is 21.6. The second-order valence-electron chi connectivity index (χ2n) is 8.03. The molecule has 31 heavy (non-hydrogen) atoms. The maximum atomic E-state index is 12.8. The lowest BCUT2D eigenvalue weighted by molar-refractivity contribution is -0.129. The van der Waals surface area contributed by atoms with Crippen LogP contribution in [0.3, 0.4) is 0 Å². The molecule has 2 atom stereocenters. The van der Waals surface area contributed by atoms with E-state index < -0.39 is 6.04 Å². The highest BCUT2D eigenvalue weighted by molar-refractivity contribution is 5.88. The van der Waals surface area contributed by atoms with E-state index in [2.05, 4.69) is 15.5 Å². The molecule has 0 spiro atoms. The number of methoxy groups -OCH3 is 1. The van der Waals surface area contributed by atoms with Gasteiger partial charge < -0.3 is 20.1 Å². The topological polar surface area (TPSA) is 79.9 Å². The van der Waals surface area contributed by atoms with Gasteiger partial charge in [0.05, 0.1) is 13.7 Å². The van der Waals surface area contributed by atoms with Crippen LogP contribution in [0.15, 0.2) is 48.5 Å². The van der Waals surface area contributed by atoms with Gasteiger partial charge in [0.25, 0.3) is 0 Å². The standard InChI is InChI=1S/C24H29N3O4/c1-30-21-12-5-3-9-18(21)22-15-27(14-17-8-2-4-11-20(17)31-22)16-23(28)26-19-10-6-7-13-25-24(19)29/h2-5,8-9,11-12,19,22H,6-7,10,13-16H2,1H3,(H,25,29)(H,26,28)/t19-,22?/m0/s1. The fourth-order valence-corrected chi connectivity index (χ4v) is 4.21.